The van der Waals surface area contributed by atoms with Gasteiger partial charge >= 0.3 is 0 Å². The van der Waals surface area contributed by atoms with E-state index in [1.165, 1.54) is 5.56 Å². The van der Waals surface area contributed by atoms with E-state index in [0.717, 1.165) is 48.7 Å². The second kappa shape index (κ2) is 9.65. The average Bonchev–Trinajstić information content (AvgIpc) is 3.14. The van der Waals surface area contributed by atoms with E-state index in [1.807, 2.05) is 29.8 Å². The Bertz CT molecular complexity index is 1320. The standard InChI is InChI=1S/C27H28N4O3/c1-18(32)14-22-16-24(8-11-28-22)34-23-6-7-26-25(17-23)30-27(31(26)2)29-21-5-3-4-20(15-21)19-9-12-33-13-10-19/h3-8,11,15-17,19H,9-10,12-14H2,1-2H3,(H,29,30). The van der Waals surface area contributed by atoms with E-state index in [1.54, 1.807) is 25.3 Å². The number of carbonyl (C=O) groups is 1. The van der Waals surface area contributed by atoms with Crippen molar-refractivity contribution < 1.29 is 14.3 Å². The second-order valence-electron chi connectivity index (χ2n) is 8.75. The van der Waals surface area contributed by atoms with Crippen molar-refractivity contribution in [1.82, 2.24) is 14.5 Å². The van der Waals surface area contributed by atoms with Crippen LogP contribution in [0.3, 0.4) is 0 Å². The summed E-state index contributed by atoms with van der Waals surface area (Å²) in [5.41, 5.74) is 4.89. The van der Waals surface area contributed by atoms with Gasteiger partial charge in [0.1, 0.15) is 17.3 Å². The summed E-state index contributed by atoms with van der Waals surface area (Å²) in [5.74, 6) is 2.70. The van der Waals surface area contributed by atoms with Crippen LogP contribution in [0.2, 0.25) is 0 Å². The quantitative estimate of drug-likeness (QED) is 0.394. The molecule has 0 bridgehead atoms. The van der Waals surface area contributed by atoms with Crippen LogP contribution in [0.5, 0.6) is 11.5 Å². The molecule has 0 aliphatic carbocycles. The first kappa shape index (κ1) is 22.1. The number of Topliss-reactive ketones (excluding diaryl/α,β-unsaturated/α-hetero) is 1. The highest BCUT2D eigenvalue weighted by atomic mass is 16.5. The summed E-state index contributed by atoms with van der Waals surface area (Å²) < 4.78 is 13.6. The number of fused-ring (bicyclic) bond motifs is 1. The maximum Gasteiger partial charge on any atom is 0.208 e. The molecule has 1 fully saturated rings. The number of anilines is 2. The Hall–Kier alpha value is -3.71. The Kier molecular flexibility index (Phi) is 6.27. The largest absolute Gasteiger partial charge is 0.457 e. The van der Waals surface area contributed by atoms with Crippen molar-refractivity contribution in [3.05, 3.63) is 72.1 Å². The first-order valence-electron chi connectivity index (χ1n) is 11.6. The summed E-state index contributed by atoms with van der Waals surface area (Å²) >= 11 is 0. The third kappa shape index (κ3) is 4.94. The van der Waals surface area contributed by atoms with Crippen molar-refractivity contribution >= 4 is 28.5 Å². The molecule has 1 aliphatic heterocycles. The Balaban J connectivity index is 1.35. The minimum atomic E-state index is 0.0675. The van der Waals surface area contributed by atoms with Crippen molar-refractivity contribution in [3.63, 3.8) is 0 Å². The molecule has 1 N–H and O–H groups in total. The van der Waals surface area contributed by atoms with Crippen LogP contribution < -0.4 is 10.1 Å². The lowest BCUT2D eigenvalue weighted by Gasteiger charge is -2.22. The lowest BCUT2D eigenvalue weighted by molar-refractivity contribution is -0.116. The molecular formula is C27H28N4O3. The fourth-order valence-electron chi connectivity index (χ4n) is 4.39. The summed E-state index contributed by atoms with van der Waals surface area (Å²) in [6.07, 6.45) is 4.07. The second-order valence-corrected chi connectivity index (χ2v) is 8.75. The molecule has 0 saturated carbocycles. The van der Waals surface area contributed by atoms with Gasteiger partial charge in [-0.1, -0.05) is 12.1 Å². The number of pyridine rings is 1. The predicted molar refractivity (Wildman–Crippen MR) is 132 cm³/mol. The molecule has 2 aromatic carbocycles. The number of nitrogens with zero attached hydrogens (tertiary/aromatic N) is 3. The van der Waals surface area contributed by atoms with Crippen LogP contribution >= 0.6 is 0 Å². The molecule has 1 saturated heterocycles. The van der Waals surface area contributed by atoms with E-state index in [-0.39, 0.29) is 5.78 Å². The van der Waals surface area contributed by atoms with Gasteiger partial charge in [0.25, 0.3) is 0 Å². The summed E-state index contributed by atoms with van der Waals surface area (Å²) in [6.45, 7) is 3.21. The normalized spacial score (nSPS) is 14.3. The van der Waals surface area contributed by atoms with E-state index in [0.29, 0.717) is 29.5 Å². The van der Waals surface area contributed by atoms with Crippen LogP contribution in [0, 0.1) is 0 Å². The lowest BCUT2D eigenvalue weighted by Crippen LogP contribution is -2.14. The molecule has 34 heavy (non-hydrogen) atoms. The summed E-state index contributed by atoms with van der Waals surface area (Å²) in [6, 6.07) is 18.0. The number of nitrogens with one attached hydrogen (secondary N) is 1. The Morgan fingerprint density at radius 1 is 1.12 bits per heavy atom. The number of carbonyl (C=O) groups excluding carboxylic acids is 1. The highest BCUT2D eigenvalue weighted by Crippen LogP contribution is 2.31. The highest BCUT2D eigenvalue weighted by Gasteiger charge is 2.16. The van der Waals surface area contributed by atoms with Crippen molar-refractivity contribution in [2.45, 2.75) is 32.1 Å². The highest BCUT2D eigenvalue weighted by molar-refractivity contribution is 5.81. The van der Waals surface area contributed by atoms with Crippen LogP contribution in [0.15, 0.2) is 60.8 Å². The smallest absolute Gasteiger partial charge is 0.208 e. The molecule has 0 unspecified atom stereocenters. The Labute approximate surface area is 198 Å². The molecule has 2 aromatic heterocycles. The minimum absolute atomic E-state index is 0.0675. The number of ether oxygens (including phenoxy) is 2. The number of imidazole rings is 1. The SMILES string of the molecule is CC(=O)Cc1cc(Oc2ccc3c(c2)nc(Nc2cccc(C4CCOCC4)c2)n3C)ccn1. The fraction of sp³-hybridized carbons (Fsp3) is 0.296. The lowest BCUT2D eigenvalue weighted by atomic mass is 9.91. The third-order valence-electron chi connectivity index (χ3n) is 6.14. The van der Waals surface area contributed by atoms with Crippen LogP contribution in [0.4, 0.5) is 11.6 Å². The Morgan fingerprint density at radius 2 is 1.94 bits per heavy atom. The summed E-state index contributed by atoms with van der Waals surface area (Å²) in [7, 11) is 2.00. The number of aromatic nitrogens is 3. The molecule has 7 nitrogen and oxygen atoms in total. The molecule has 0 spiro atoms. The number of aryl methyl sites for hydroxylation is 1. The molecule has 1 aliphatic rings. The molecule has 174 valence electrons. The maximum absolute atomic E-state index is 11.4. The zero-order valence-electron chi connectivity index (χ0n) is 19.5. The average molecular weight is 457 g/mol. The molecule has 0 radical (unpaired) electrons. The van der Waals surface area contributed by atoms with E-state index in [9.17, 15) is 4.79 Å². The van der Waals surface area contributed by atoms with Gasteiger partial charge in [-0.05, 0) is 61.6 Å². The number of hydrogen-bond acceptors (Lipinski definition) is 6. The molecule has 0 amide bonds. The molecule has 0 atom stereocenters. The van der Waals surface area contributed by atoms with Crippen LogP contribution in [0.25, 0.3) is 11.0 Å². The van der Waals surface area contributed by atoms with Gasteiger partial charge in [0.05, 0.1) is 16.7 Å². The minimum Gasteiger partial charge on any atom is -0.457 e. The predicted octanol–water partition coefficient (Wildman–Crippen LogP) is 5.53. The molecular weight excluding hydrogens is 428 g/mol. The van der Waals surface area contributed by atoms with Crippen molar-refractivity contribution in [3.8, 4) is 11.5 Å². The van der Waals surface area contributed by atoms with E-state index in [4.69, 9.17) is 14.5 Å². The van der Waals surface area contributed by atoms with Crippen molar-refractivity contribution in [2.75, 3.05) is 18.5 Å². The van der Waals surface area contributed by atoms with Crippen molar-refractivity contribution in [2.24, 2.45) is 7.05 Å². The summed E-state index contributed by atoms with van der Waals surface area (Å²) in [4.78, 5) is 20.4. The number of ketones is 1. The van der Waals surface area contributed by atoms with Crippen molar-refractivity contribution in [1.29, 1.82) is 0 Å². The van der Waals surface area contributed by atoms with E-state index < -0.39 is 0 Å². The van der Waals surface area contributed by atoms with E-state index in [2.05, 4.69) is 34.6 Å². The van der Waals surface area contributed by atoms with Gasteiger partial charge < -0.3 is 19.4 Å². The topological polar surface area (TPSA) is 78.3 Å². The number of rotatable bonds is 7. The maximum atomic E-state index is 11.4. The monoisotopic (exact) mass is 456 g/mol. The van der Waals surface area contributed by atoms with Gasteiger partial charge in [-0.2, -0.15) is 0 Å². The summed E-state index contributed by atoms with van der Waals surface area (Å²) in [5, 5.41) is 3.48. The molecule has 5 rings (SSSR count). The van der Waals surface area contributed by atoms with Gasteiger partial charge in [0.2, 0.25) is 5.95 Å². The Morgan fingerprint density at radius 3 is 2.76 bits per heavy atom. The van der Waals surface area contributed by atoms with Crippen LogP contribution in [0.1, 0.15) is 36.9 Å². The fourth-order valence-corrected chi connectivity index (χ4v) is 4.39. The van der Waals surface area contributed by atoms with Gasteiger partial charge in [-0.15, -0.1) is 0 Å². The van der Waals surface area contributed by atoms with Gasteiger partial charge in [-0.3, -0.25) is 9.78 Å². The number of benzene rings is 2. The first-order valence-corrected chi connectivity index (χ1v) is 11.6. The first-order chi connectivity index (χ1) is 16.5. The number of hydrogen-bond donors (Lipinski definition) is 1. The van der Waals surface area contributed by atoms with E-state index >= 15 is 0 Å². The molecule has 3 heterocycles. The zero-order chi connectivity index (χ0) is 23.5. The zero-order valence-corrected chi connectivity index (χ0v) is 19.5. The molecule has 7 heteroatoms. The van der Waals surface area contributed by atoms with Gasteiger partial charge in [0, 0.05) is 50.7 Å². The third-order valence-corrected chi connectivity index (χ3v) is 6.14. The van der Waals surface area contributed by atoms with Gasteiger partial charge in [-0.25, -0.2) is 4.98 Å². The van der Waals surface area contributed by atoms with Gasteiger partial charge in [0.15, 0.2) is 0 Å². The van der Waals surface area contributed by atoms with Crippen LogP contribution in [-0.2, 0) is 23.0 Å². The van der Waals surface area contributed by atoms with Crippen LogP contribution in [-0.4, -0.2) is 33.5 Å². The molecule has 4 aromatic rings.